The molecule has 0 unspecified atom stereocenters. The highest BCUT2D eigenvalue weighted by molar-refractivity contribution is 7.93. The van der Waals surface area contributed by atoms with E-state index in [9.17, 15) is 8.42 Å². The molecular formula is C20H18Cl2N2O4S2. The monoisotopic (exact) mass is 484 g/mol. The van der Waals surface area contributed by atoms with Crippen LogP contribution >= 0.6 is 34.5 Å². The number of aromatic nitrogens is 1. The van der Waals surface area contributed by atoms with Crippen molar-refractivity contribution in [1.82, 2.24) is 4.98 Å². The molecule has 0 aliphatic carbocycles. The maximum atomic E-state index is 12.7. The van der Waals surface area contributed by atoms with Crippen molar-refractivity contribution >= 4 is 49.7 Å². The number of hydrogen-bond donors (Lipinski definition) is 1. The van der Waals surface area contributed by atoms with Gasteiger partial charge in [0.05, 0.1) is 9.92 Å². The average Bonchev–Trinajstić information content (AvgIpc) is 3.15. The van der Waals surface area contributed by atoms with Gasteiger partial charge in [-0.15, -0.1) is 11.3 Å². The fourth-order valence-electron chi connectivity index (χ4n) is 3.21. The number of anilines is 1. The molecule has 2 heterocycles. The van der Waals surface area contributed by atoms with Crippen molar-refractivity contribution in [2.45, 2.75) is 36.9 Å². The number of halogens is 2. The van der Waals surface area contributed by atoms with E-state index in [4.69, 9.17) is 32.7 Å². The third kappa shape index (κ3) is 4.51. The van der Waals surface area contributed by atoms with E-state index in [1.807, 2.05) is 13.8 Å². The average molecular weight is 485 g/mol. The van der Waals surface area contributed by atoms with Gasteiger partial charge in [0, 0.05) is 34.7 Å². The highest BCUT2D eigenvalue weighted by Crippen LogP contribution is 2.44. The van der Waals surface area contributed by atoms with Crippen LogP contribution < -0.4 is 14.2 Å². The number of fused-ring (bicyclic) bond motifs is 1. The molecule has 30 heavy (non-hydrogen) atoms. The molecular weight excluding hydrogens is 467 g/mol. The molecule has 1 aliphatic heterocycles. The summed E-state index contributed by atoms with van der Waals surface area (Å²) in [5.41, 5.74) is 0.176. The topological polar surface area (TPSA) is 77.5 Å². The van der Waals surface area contributed by atoms with Crippen LogP contribution in [0.15, 0.2) is 52.9 Å². The summed E-state index contributed by atoms with van der Waals surface area (Å²) in [5.74, 6) is 0.945. The first-order valence-electron chi connectivity index (χ1n) is 9.00. The number of nitrogens with zero attached hydrogens (tertiary/aromatic N) is 1. The summed E-state index contributed by atoms with van der Waals surface area (Å²) >= 11 is 13.4. The van der Waals surface area contributed by atoms with Crippen molar-refractivity contribution in [3.63, 3.8) is 0 Å². The van der Waals surface area contributed by atoms with Crippen LogP contribution in [0.3, 0.4) is 0 Å². The van der Waals surface area contributed by atoms with Gasteiger partial charge < -0.3 is 9.47 Å². The van der Waals surface area contributed by atoms with Gasteiger partial charge in [0.15, 0.2) is 5.13 Å². The Kier molecular flexibility index (Phi) is 5.61. The number of hydrogen-bond acceptors (Lipinski definition) is 6. The summed E-state index contributed by atoms with van der Waals surface area (Å²) in [6.45, 7) is 3.84. The number of benzene rings is 2. The molecule has 6 nitrogen and oxygen atoms in total. The minimum absolute atomic E-state index is 0.0809. The first kappa shape index (κ1) is 21.2. The normalized spacial score (nSPS) is 17.7. The zero-order valence-corrected chi connectivity index (χ0v) is 19.2. The molecule has 2 aromatic carbocycles. The van der Waals surface area contributed by atoms with Gasteiger partial charge in [-0.2, -0.15) is 0 Å². The number of thiazole rings is 1. The molecule has 0 amide bonds. The van der Waals surface area contributed by atoms with Gasteiger partial charge in [-0.05, 0) is 38.1 Å². The smallest absolute Gasteiger partial charge is 0.263 e. The van der Waals surface area contributed by atoms with Crippen molar-refractivity contribution in [2.24, 2.45) is 0 Å². The Morgan fingerprint density at radius 1 is 1.23 bits per heavy atom. The van der Waals surface area contributed by atoms with Crippen LogP contribution in [0.4, 0.5) is 5.13 Å². The second kappa shape index (κ2) is 7.92. The SMILES string of the molecule is CC1(C)C[C@@H](Oc2ccc(Cl)cc2Cl)c2ccc(S(=O)(=O)Nc3nccs3)cc2O1. The maximum absolute atomic E-state index is 12.7. The van der Waals surface area contributed by atoms with E-state index >= 15 is 0 Å². The van der Waals surface area contributed by atoms with E-state index in [-0.39, 0.29) is 11.0 Å². The highest BCUT2D eigenvalue weighted by atomic mass is 35.5. The van der Waals surface area contributed by atoms with Gasteiger partial charge in [-0.3, -0.25) is 4.72 Å². The number of rotatable bonds is 5. The van der Waals surface area contributed by atoms with E-state index in [1.165, 1.54) is 29.7 Å². The Morgan fingerprint density at radius 3 is 2.73 bits per heavy atom. The van der Waals surface area contributed by atoms with Gasteiger partial charge >= 0.3 is 0 Å². The van der Waals surface area contributed by atoms with Gasteiger partial charge in [0.2, 0.25) is 0 Å². The first-order valence-corrected chi connectivity index (χ1v) is 12.1. The Labute approximate surface area is 188 Å². The minimum Gasteiger partial charge on any atom is -0.487 e. The van der Waals surface area contributed by atoms with E-state index in [2.05, 4.69) is 9.71 Å². The molecule has 1 N–H and O–H groups in total. The summed E-state index contributed by atoms with van der Waals surface area (Å²) in [4.78, 5) is 4.05. The van der Waals surface area contributed by atoms with Crippen molar-refractivity contribution in [3.05, 3.63) is 63.6 Å². The molecule has 0 bridgehead atoms. The van der Waals surface area contributed by atoms with Crippen LogP contribution in [0.25, 0.3) is 0 Å². The molecule has 1 aliphatic rings. The number of nitrogens with one attached hydrogen (secondary N) is 1. The van der Waals surface area contributed by atoms with Crippen LogP contribution in [0.2, 0.25) is 10.0 Å². The second-order valence-corrected chi connectivity index (χ2v) is 10.8. The lowest BCUT2D eigenvalue weighted by Gasteiger charge is -2.37. The Hall–Kier alpha value is -2.00. The maximum Gasteiger partial charge on any atom is 0.263 e. The van der Waals surface area contributed by atoms with E-state index in [0.717, 1.165) is 5.56 Å². The molecule has 0 fully saturated rings. The number of sulfonamides is 1. The van der Waals surface area contributed by atoms with Crippen molar-refractivity contribution in [2.75, 3.05) is 4.72 Å². The van der Waals surface area contributed by atoms with Gasteiger partial charge in [-0.25, -0.2) is 13.4 Å². The quantitative estimate of drug-likeness (QED) is 0.485. The lowest BCUT2D eigenvalue weighted by molar-refractivity contribution is 0.0217. The fraction of sp³-hybridized carbons (Fsp3) is 0.250. The predicted molar refractivity (Wildman–Crippen MR) is 119 cm³/mol. The molecule has 10 heteroatoms. The molecule has 4 rings (SSSR count). The molecule has 158 valence electrons. The largest absolute Gasteiger partial charge is 0.487 e. The van der Waals surface area contributed by atoms with E-state index in [1.54, 1.807) is 29.6 Å². The van der Waals surface area contributed by atoms with E-state index < -0.39 is 15.6 Å². The summed E-state index contributed by atoms with van der Waals surface area (Å²) < 4.78 is 40.2. The molecule has 0 spiro atoms. The standard InChI is InChI=1S/C20H18Cl2N2O4S2/c1-20(2)11-18(27-16-6-3-12(21)9-15(16)22)14-5-4-13(10-17(14)28-20)30(25,26)24-19-23-7-8-29-19/h3-10,18H,11H2,1-2H3,(H,23,24)/t18-/m1/s1. The molecule has 1 atom stereocenters. The Morgan fingerprint density at radius 2 is 2.03 bits per heavy atom. The van der Waals surface area contributed by atoms with Gasteiger partial charge in [0.1, 0.15) is 23.2 Å². The van der Waals surface area contributed by atoms with Gasteiger partial charge in [0.25, 0.3) is 10.0 Å². The summed E-state index contributed by atoms with van der Waals surface area (Å²) in [5, 5.41) is 2.91. The van der Waals surface area contributed by atoms with Crippen molar-refractivity contribution in [3.8, 4) is 11.5 Å². The van der Waals surface area contributed by atoms with Gasteiger partial charge in [-0.1, -0.05) is 29.3 Å². The summed E-state index contributed by atoms with van der Waals surface area (Å²) in [7, 11) is -3.80. The van der Waals surface area contributed by atoms with Crippen LogP contribution in [0.5, 0.6) is 11.5 Å². The van der Waals surface area contributed by atoms with E-state index in [0.29, 0.717) is 33.1 Å². The summed E-state index contributed by atoms with van der Waals surface area (Å²) in [6.07, 6.45) is 1.72. The lowest BCUT2D eigenvalue weighted by Crippen LogP contribution is -2.36. The Balaban J connectivity index is 1.67. The zero-order chi connectivity index (χ0) is 21.5. The molecule has 1 aromatic heterocycles. The lowest BCUT2D eigenvalue weighted by atomic mass is 9.91. The molecule has 0 saturated heterocycles. The van der Waals surface area contributed by atoms with Crippen LogP contribution in [0, 0.1) is 0 Å². The second-order valence-electron chi connectivity index (χ2n) is 7.39. The van der Waals surface area contributed by atoms with Crippen molar-refractivity contribution in [1.29, 1.82) is 0 Å². The third-order valence-corrected chi connectivity index (χ3v) is 7.21. The number of ether oxygens (including phenoxy) is 2. The summed E-state index contributed by atoms with van der Waals surface area (Å²) in [6, 6.07) is 9.76. The van der Waals surface area contributed by atoms with Crippen LogP contribution in [-0.2, 0) is 10.0 Å². The third-order valence-electron chi connectivity index (χ3n) is 4.52. The fourth-order valence-corrected chi connectivity index (χ4v) is 5.47. The Bertz CT molecular complexity index is 1180. The molecule has 3 aromatic rings. The molecule has 0 saturated carbocycles. The minimum atomic E-state index is -3.80. The first-order chi connectivity index (χ1) is 14.1. The van der Waals surface area contributed by atoms with Crippen molar-refractivity contribution < 1.29 is 17.9 Å². The van der Waals surface area contributed by atoms with Crippen LogP contribution in [-0.4, -0.2) is 19.0 Å². The molecule has 0 radical (unpaired) electrons. The van der Waals surface area contributed by atoms with Crippen LogP contribution in [0.1, 0.15) is 31.9 Å². The highest BCUT2D eigenvalue weighted by Gasteiger charge is 2.36. The predicted octanol–water partition coefficient (Wildman–Crippen LogP) is 5.93. The zero-order valence-electron chi connectivity index (χ0n) is 16.1.